The molecule has 0 atom stereocenters. The fourth-order valence-corrected chi connectivity index (χ4v) is 3.12. The molecule has 1 saturated heterocycles. The summed E-state index contributed by atoms with van der Waals surface area (Å²) in [6.45, 7) is 2.37. The van der Waals surface area contributed by atoms with Crippen molar-refractivity contribution in [3.8, 4) is 0 Å². The Labute approximate surface area is 103 Å². The highest BCUT2D eigenvalue weighted by Crippen LogP contribution is 2.36. The van der Waals surface area contributed by atoms with Crippen molar-refractivity contribution in [2.24, 2.45) is 0 Å². The van der Waals surface area contributed by atoms with Crippen LogP contribution in [0.4, 0.5) is 0 Å². The van der Waals surface area contributed by atoms with E-state index in [-0.39, 0.29) is 17.9 Å². The second-order valence-corrected chi connectivity index (χ2v) is 6.85. The lowest BCUT2D eigenvalue weighted by Crippen LogP contribution is -2.66. The van der Waals surface area contributed by atoms with E-state index in [0.29, 0.717) is 4.31 Å². The number of hydrogen-bond donors (Lipinski definition) is 1. The van der Waals surface area contributed by atoms with Crippen LogP contribution < -0.4 is 0 Å². The van der Waals surface area contributed by atoms with Crippen LogP contribution in [0.5, 0.6) is 0 Å². The zero-order valence-corrected chi connectivity index (χ0v) is 10.5. The summed E-state index contributed by atoms with van der Waals surface area (Å²) in [6, 6.07) is 1.19. The van der Waals surface area contributed by atoms with Gasteiger partial charge in [-0.1, -0.05) is 0 Å². The first kappa shape index (κ1) is 12.6. The van der Waals surface area contributed by atoms with E-state index in [2.05, 4.69) is 0 Å². The Hall–Kier alpha value is -1.83. The van der Waals surface area contributed by atoms with Crippen LogP contribution in [0.3, 0.4) is 0 Å². The van der Waals surface area contributed by atoms with Crippen LogP contribution in [0.15, 0.2) is 16.7 Å². The number of nitrogens with zero attached hydrogens (tertiary/aromatic N) is 1. The molecule has 0 bridgehead atoms. The summed E-state index contributed by atoms with van der Waals surface area (Å²) < 4.78 is 27.7. The van der Waals surface area contributed by atoms with E-state index >= 15 is 0 Å². The SMILES string of the molecule is CC1(C)C(=O)N(Cc2cc(C(=O)O)co2)S1(=O)=O. The number of rotatable bonds is 3. The summed E-state index contributed by atoms with van der Waals surface area (Å²) in [5, 5.41) is 8.68. The number of sulfonamides is 1. The number of carboxylic acid groups (broad SMARTS) is 1. The molecule has 0 aliphatic carbocycles. The Bertz CT molecular complexity index is 627. The van der Waals surface area contributed by atoms with Crippen molar-refractivity contribution in [2.45, 2.75) is 25.1 Å². The number of hydrogen-bond acceptors (Lipinski definition) is 5. The van der Waals surface area contributed by atoms with Crippen LogP contribution in [0.2, 0.25) is 0 Å². The number of amides is 1. The van der Waals surface area contributed by atoms with Crippen molar-refractivity contribution in [2.75, 3.05) is 0 Å². The summed E-state index contributed by atoms with van der Waals surface area (Å²) in [5.74, 6) is -1.60. The summed E-state index contributed by atoms with van der Waals surface area (Å²) in [6.07, 6.45) is 1.000. The van der Waals surface area contributed by atoms with Crippen LogP contribution in [0.25, 0.3) is 0 Å². The molecule has 0 aromatic carbocycles. The highest BCUT2D eigenvalue weighted by molar-refractivity contribution is 7.94. The van der Waals surface area contributed by atoms with Crippen LogP contribution in [-0.2, 0) is 21.4 Å². The minimum atomic E-state index is -3.68. The van der Waals surface area contributed by atoms with Crippen LogP contribution >= 0.6 is 0 Å². The molecular formula is C10H11NO6S. The third-order valence-electron chi connectivity index (χ3n) is 2.88. The molecule has 1 fully saturated rings. The zero-order chi connectivity index (χ0) is 13.7. The van der Waals surface area contributed by atoms with Crippen LogP contribution in [0.1, 0.15) is 30.0 Å². The van der Waals surface area contributed by atoms with Crippen molar-refractivity contribution < 1.29 is 27.5 Å². The predicted molar refractivity (Wildman–Crippen MR) is 59.2 cm³/mol. The van der Waals surface area contributed by atoms with Gasteiger partial charge < -0.3 is 9.52 Å². The van der Waals surface area contributed by atoms with Crippen LogP contribution in [-0.4, -0.2) is 34.5 Å². The van der Waals surface area contributed by atoms with E-state index in [1.165, 1.54) is 19.9 Å². The topological polar surface area (TPSA) is 105 Å². The highest BCUT2D eigenvalue weighted by Gasteiger charge is 2.60. The lowest BCUT2D eigenvalue weighted by molar-refractivity contribution is -0.132. The number of carbonyl (C=O) groups is 2. The number of aromatic carboxylic acids is 1. The lowest BCUT2D eigenvalue weighted by atomic mass is 10.2. The number of carbonyl (C=O) groups excluding carboxylic acids is 1. The first-order chi connectivity index (χ1) is 8.18. The van der Waals surface area contributed by atoms with E-state index in [1.807, 2.05) is 0 Å². The average molecular weight is 273 g/mol. The Morgan fingerprint density at radius 3 is 2.56 bits per heavy atom. The van der Waals surface area contributed by atoms with Gasteiger partial charge in [0.05, 0.1) is 12.1 Å². The molecule has 2 heterocycles. The maximum Gasteiger partial charge on any atom is 0.338 e. The molecule has 1 amide bonds. The number of furan rings is 1. The second-order valence-electron chi connectivity index (χ2n) is 4.43. The molecule has 8 heteroatoms. The van der Waals surface area contributed by atoms with Crippen molar-refractivity contribution in [1.82, 2.24) is 4.31 Å². The molecule has 0 spiro atoms. The largest absolute Gasteiger partial charge is 0.478 e. The maximum atomic E-state index is 11.8. The van der Waals surface area contributed by atoms with Crippen LogP contribution in [0, 0.1) is 0 Å². The van der Waals surface area contributed by atoms with Gasteiger partial charge in [0.1, 0.15) is 12.0 Å². The van der Waals surface area contributed by atoms with Gasteiger partial charge in [0.15, 0.2) is 4.75 Å². The third kappa shape index (κ3) is 1.52. The molecule has 1 aromatic heterocycles. The Kier molecular flexibility index (Phi) is 2.51. The molecule has 1 N–H and O–H groups in total. The van der Waals surface area contributed by atoms with E-state index in [0.717, 1.165) is 6.26 Å². The van der Waals surface area contributed by atoms with Gasteiger partial charge in [-0.05, 0) is 19.9 Å². The summed E-state index contributed by atoms with van der Waals surface area (Å²) in [7, 11) is -3.68. The lowest BCUT2D eigenvalue weighted by Gasteiger charge is -2.42. The molecule has 1 aliphatic rings. The van der Waals surface area contributed by atoms with Crippen molar-refractivity contribution in [3.05, 3.63) is 23.7 Å². The van der Waals surface area contributed by atoms with Gasteiger partial charge in [0.2, 0.25) is 0 Å². The minimum Gasteiger partial charge on any atom is -0.478 e. The van der Waals surface area contributed by atoms with E-state index in [9.17, 15) is 18.0 Å². The molecule has 98 valence electrons. The van der Waals surface area contributed by atoms with Gasteiger partial charge >= 0.3 is 5.97 Å². The third-order valence-corrected chi connectivity index (χ3v) is 5.22. The van der Waals surface area contributed by atoms with Gasteiger partial charge in [-0.15, -0.1) is 0 Å². The summed E-state index contributed by atoms with van der Waals surface area (Å²) in [5.41, 5.74) is -0.0883. The van der Waals surface area contributed by atoms with Crippen molar-refractivity contribution in [3.63, 3.8) is 0 Å². The van der Waals surface area contributed by atoms with Gasteiger partial charge in [0, 0.05) is 0 Å². The molecule has 1 aromatic rings. The Morgan fingerprint density at radius 1 is 1.50 bits per heavy atom. The van der Waals surface area contributed by atoms with Gasteiger partial charge in [-0.3, -0.25) is 4.79 Å². The molecule has 0 radical (unpaired) electrons. The van der Waals surface area contributed by atoms with Gasteiger partial charge in [0.25, 0.3) is 15.9 Å². The molecular weight excluding hydrogens is 262 g/mol. The molecule has 18 heavy (non-hydrogen) atoms. The minimum absolute atomic E-state index is 0.0883. The Morgan fingerprint density at radius 2 is 2.11 bits per heavy atom. The van der Waals surface area contributed by atoms with Crippen molar-refractivity contribution in [1.29, 1.82) is 0 Å². The average Bonchev–Trinajstić information content (AvgIpc) is 2.73. The molecule has 0 saturated carbocycles. The fourth-order valence-electron chi connectivity index (χ4n) is 1.63. The maximum absolute atomic E-state index is 11.8. The van der Waals surface area contributed by atoms with Gasteiger partial charge in [-0.25, -0.2) is 17.5 Å². The quantitative estimate of drug-likeness (QED) is 0.856. The molecule has 7 nitrogen and oxygen atoms in total. The summed E-state index contributed by atoms with van der Waals surface area (Å²) >= 11 is 0. The van der Waals surface area contributed by atoms with Crippen molar-refractivity contribution >= 4 is 21.9 Å². The second kappa shape index (κ2) is 3.58. The Balaban J connectivity index is 2.21. The first-order valence-corrected chi connectivity index (χ1v) is 6.49. The monoisotopic (exact) mass is 273 g/mol. The molecule has 2 rings (SSSR count). The van der Waals surface area contributed by atoms with E-state index in [1.54, 1.807) is 0 Å². The normalized spacial score (nSPS) is 20.6. The zero-order valence-electron chi connectivity index (χ0n) is 9.71. The number of carboxylic acids is 1. The summed E-state index contributed by atoms with van der Waals surface area (Å²) in [4.78, 5) is 22.3. The van der Waals surface area contributed by atoms with E-state index < -0.39 is 26.6 Å². The smallest absolute Gasteiger partial charge is 0.338 e. The highest BCUT2D eigenvalue weighted by atomic mass is 32.2. The van der Waals surface area contributed by atoms with Gasteiger partial charge in [-0.2, -0.15) is 0 Å². The molecule has 0 unspecified atom stereocenters. The van der Waals surface area contributed by atoms with E-state index in [4.69, 9.17) is 9.52 Å². The predicted octanol–water partition coefficient (Wildman–Crippen LogP) is 0.428. The first-order valence-electron chi connectivity index (χ1n) is 5.05. The standard InChI is InChI=1S/C10H11NO6S/c1-10(2)9(14)11(18(10,15)16)4-7-3-6(5-17-7)8(12)13/h3,5H,4H2,1-2H3,(H,12,13). The molecule has 1 aliphatic heterocycles. The fraction of sp³-hybridized carbons (Fsp3) is 0.400.